The number of pyridine rings is 1. The van der Waals surface area contributed by atoms with E-state index in [-0.39, 0.29) is 5.82 Å². The van der Waals surface area contributed by atoms with Crippen molar-refractivity contribution in [2.24, 2.45) is 7.05 Å². The predicted octanol–water partition coefficient (Wildman–Crippen LogP) is 5.82. The molecular formula is C22H19FNS+. The molecule has 0 bridgehead atoms. The first-order chi connectivity index (χ1) is 12.0. The van der Waals surface area contributed by atoms with Crippen molar-refractivity contribution in [2.45, 2.75) is 13.8 Å². The van der Waals surface area contributed by atoms with Gasteiger partial charge in [-0.25, -0.2) is 0 Å². The zero-order chi connectivity index (χ0) is 17.6. The van der Waals surface area contributed by atoms with Gasteiger partial charge in [0.1, 0.15) is 7.05 Å². The van der Waals surface area contributed by atoms with Gasteiger partial charge >= 0.3 is 0 Å². The molecule has 2 aromatic heterocycles. The minimum Gasteiger partial charge on any atom is -0.200 e. The molecule has 0 saturated carbocycles. The average Bonchev–Trinajstić information content (AvgIpc) is 2.96. The molecule has 4 rings (SSSR count). The molecule has 2 heterocycles. The van der Waals surface area contributed by atoms with E-state index < -0.39 is 0 Å². The van der Waals surface area contributed by atoms with Crippen LogP contribution in [0.4, 0.5) is 4.39 Å². The fourth-order valence-electron chi connectivity index (χ4n) is 3.43. The Morgan fingerprint density at radius 1 is 0.920 bits per heavy atom. The van der Waals surface area contributed by atoms with Crippen molar-refractivity contribution in [2.75, 3.05) is 0 Å². The van der Waals surface area contributed by atoms with Crippen LogP contribution < -0.4 is 4.57 Å². The lowest BCUT2D eigenvalue weighted by molar-refractivity contribution is -0.661. The third kappa shape index (κ3) is 2.75. The van der Waals surface area contributed by atoms with Crippen molar-refractivity contribution in [3.8, 4) is 22.4 Å². The summed E-state index contributed by atoms with van der Waals surface area (Å²) in [6.45, 7) is 4.12. The SMILES string of the molecule is Cc1cc2c(-c3cc(F)c(-c4ccccc4C)[n+](C)c3)cccc2s1. The van der Waals surface area contributed by atoms with E-state index in [1.54, 1.807) is 17.4 Å². The maximum absolute atomic E-state index is 15.0. The number of thiophene rings is 1. The van der Waals surface area contributed by atoms with Gasteiger partial charge in [0.2, 0.25) is 5.69 Å². The summed E-state index contributed by atoms with van der Waals surface area (Å²) in [7, 11) is 1.91. The largest absolute Gasteiger partial charge is 0.248 e. The van der Waals surface area contributed by atoms with Crippen molar-refractivity contribution in [3.05, 3.63) is 77.1 Å². The molecule has 0 fully saturated rings. The fourth-order valence-corrected chi connectivity index (χ4v) is 4.38. The number of aromatic nitrogens is 1. The molecule has 0 saturated heterocycles. The lowest BCUT2D eigenvalue weighted by Gasteiger charge is -2.08. The van der Waals surface area contributed by atoms with Crippen LogP contribution in [0, 0.1) is 19.7 Å². The van der Waals surface area contributed by atoms with Gasteiger partial charge in [-0.1, -0.05) is 30.3 Å². The van der Waals surface area contributed by atoms with E-state index in [9.17, 15) is 0 Å². The maximum Gasteiger partial charge on any atom is 0.248 e. The molecule has 0 aliphatic carbocycles. The maximum atomic E-state index is 15.0. The molecule has 0 aliphatic heterocycles. The Balaban J connectivity index is 1.92. The van der Waals surface area contributed by atoms with Crippen LogP contribution in [-0.2, 0) is 7.05 Å². The summed E-state index contributed by atoms with van der Waals surface area (Å²) in [6, 6.07) is 18.0. The Labute approximate surface area is 151 Å². The van der Waals surface area contributed by atoms with Crippen LogP contribution in [0.3, 0.4) is 0 Å². The minimum absolute atomic E-state index is 0.196. The molecule has 25 heavy (non-hydrogen) atoms. The number of hydrogen-bond donors (Lipinski definition) is 0. The molecule has 0 unspecified atom stereocenters. The molecule has 0 atom stereocenters. The van der Waals surface area contributed by atoms with E-state index in [0.717, 1.165) is 22.3 Å². The Bertz CT molecular complexity index is 1070. The molecule has 124 valence electrons. The number of hydrogen-bond acceptors (Lipinski definition) is 1. The molecule has 0 radical (unpaired) electrons. The molecule has 3 heteroatoms. The third-order valence-electron chi connectivity index (χ3n) is 4.59. The Morgan fingerprint density at radius 3 is 2.44 bits per heavy atom. The predicted molar refractivity (Wildman–Crippen MR) is 103 cm³/mol. The molecule has 0 N–H and O–H groups in total. The van der Waals surface area contributed by atoms with Crippen molar-refractivity contribution < 1.29 is 8.96 Å². The lowest BCUT2D eigenvalue weighted by atomic mass is 10.00. The summed E-state index contributed by atoms with van der Waals surface area (Å²) < 4.78 is 18.2. The second-order valence-electron chi connectivity index (χ2n) is 6.43. The van der Waals surface area contributed by atoms with E-state index in [4.69, 9.17) is 0 Å². The third-order valence-corrected chi connectivity index (χ3v) is 5.61. The number of halogens is 1. The van der Waals surface area contributed by atoms with Gasteiger partial charge in [-0.05, 0) is 49.2 Å². The van der Waals surface area contributed by atoms with Crippen LogP contribution in [0.2, 0.25) is 0 Å². The van der Waals surface area contributed by atoms with Gasteiger partial charge < -0.3 is 0 Å². The fraction of sp³-hybridized carbons (Fsp3) is 0.136. The Morgan fingerprint density at radius 2 is 1.68 bits per heavy atom. The van der Waals surface area contributed by atoms with Gasteiger partial charge in [-0.2, -0.15) is 8.96 Å². The first-order valence-corrected chi connectivity index (χ1v) is 9.11. The molecule has 2 aromatic carbocycles. The van der Waals surface area contributed by atoms with Crippen molar-refractivity contribution in [3.63, 3.8) is 0 Å². The second kappa shape index (κ2) is 6.08. The van der Waals surface area contributed by atoms with Gasteiger partial charge in [0.25, 0.3) is 0 Å². The standard InChI is InChI=1S/C22H19FNS/c1-14-7-4-5-8-17(14)22-20(23)12-16(13-24(22)3)18-9-6-10-21-19(18)11-15(2)25-21/h4-13H,1-3H3/q+1. The zero-order valence-corrected chi connectivity index (χ0v) is 15.3. The molecule has 4 aromatic rings. The highest BCUT2D eigenvalue weighted by Crippen LogP contribution is 2.34. The smallest absolute Gasteiger partial charge is 0.200 e. The summed E-state index contributed by atoms with van der Waals surface area (Å²) >= 11 is 1.77. The van der Waals surface area contributed by atoms with Crippen molar-refractivity contribution in [1.82, 2.24) is 0 Å². The van der Waals surface area contributed by atoms with E-state index >= 15 is 4.39 Å². The average molecular weight is 348 g/mol. The van der Waals surface area contributed by atoms with E-state index in [1.165, 1.54) is 15.0 Å². The summed E-state index contributed by atoms with van der Waals surface area (Å²) in [4.78, 5) is 1.27. The molecule has 1 nitrogen and oxygen atoms in total. The van der Waals surface area contributed by atoms with Gasteiger partial charge in [0.15, 0.2) is 12.0 Å². The van der Waals surface area contributed by atoms with Crippen LogP contribution in [0.25, 0.3) is 32.5 Å². The number of fused-ring (bicyclic) bond motifs is 1. The zero-order valence-electron chi connectivity index (χ0n) is 14.5. The van der Waals surface area contributed by atoms with Crippen LogP contribution >= 0.6 is 11.3 Å². The number of nitrogens with zero attached hydrogens (tertiary/aromatic N) is 1. The normalized spacial score (nSPS) is 11.2. The van der Waals surface area contributed by atoms with E-state index in [1.807, 2.05) is 55.1 Å². The topological polar surface area (TPSA) is 3.88 Å². The molecule has 0 aliphatic rings. The quantitative estimate of drug-likeness (QED) is 0.402. The monoisotopic (exact) mass is 348 g/mol. The summed E-state index contributed by atoms with van der Waals surface area (Å²) in [5.74, 6) is -0.196. The highest BCUT2D eigenvalue weighted by atomic mass is 32.1. The highest BCUT2D eigenvalue weighted by molar-refractivity contribution is 7.19. The van der Waals surface area contributed by atoms with Crippen molar-refractivity contribution in [1.29, 1.82) is 0 Å². The lowest BCUT2D eigenvalue weighted by Crippen LogP contribution is -2.32. The summed E-state index contributed by atoms with van der Waals surface area (Å²) in [6.07, 6.45) is 2.02. The molecule has 0 spiro atoms. The van der Waals surface area contributed by atoms with E-state index in [2.05, 4.69) is 25.1 Å². The summed E-state index contributed by atoms with van der Waals surface area (Å²) in [5.41, 5.74) is 4.60. The Kier molecular flexibility index (Phi) is 3.89. The molecular weight excluding hydrogens is 329 g/mol. The van der Waals surface area contributed by atoms with Gasteiger partial charge in [0.05, 0.1) is 5.56 Å². The minimum atomic E-state index is -0.196. The summed E-state index contributed by atoms with van der Waals surface area (Å²) in [5, 5.41) is 1.19. The second-order valence-corrected chi connectivity index (χ2v) is 7.71. The number of aryl methyl sites for hydroxylation is 3. The first-order valence-electron chi connectivity index (χ1n) is 8.29. The van der Waals surface area contributed by atoms with Gasteiger partial charge in [-0.3, -0.25) is 0 Å². The van der Waals surface area contributed by atoms with Crippen LogP contribution in [0.1, 0.15) is 10.4 Å². The molecule has 0 amide bonds. The van der Waals surface area contributed by atoms with Gasteiger partial charge in [0, 0.05) is 20.5 Å². The van der Waals surface area contributed by atoms with Gasteiger partial charge in [-0.15, -0.1) is 11.3 Å². The first kappa shape index (κ1) is 16.0. The van der Waals surface area contributed by atoms with Crippen LogP contribution in [-0.4, -0.2) is 0 Å². The van der Waals surface area contributed by atoms with Crippen LogP contribution in [0.15, 0.2) is 60.8 Å². The number of rotatable bonds is 2. The van der Waals surface area contributed by atoms with E-state index in [0.29, 0.717) is 5.69 Å². The Hall–Kier alpha value is -2.52. The highest BCUT2D eigenvalue weighted by Gasteiger charge is 2.21. The number of benzene rings is 2. The van der Waals surface area contributed by atoms with Crippen LogP contribution in [0.5, 0.6) is 0 Å². The van der Waals surface area contributed by atoms with Crippen molar-refractivity contribution >= 4 is 21.4 Å².